The molecule has 3 rings (SSSR count). The molecule has 138 valence electrons. The van der Waals surface area contributed by atoms with Crippen LogP contribution < -0.4 is 0 Å². The van der Waals surface area contributed by atoms with Gasteiger partial charge in [-0.1, -0.05) is 25.1 Å². The van der Waals surface area contributed by atoms with Crippen molar-refractivity contribution in [2.24, 2.45) is 0 Å². The standard InChI is InChI=1S/C21H26N2O3/c1-4-17-20(15(3)16-10-5-6-11-18(16)22-17)21(25)26-13-19(24)23-12-8-7-9-14(23)2/h5-6,10-11,14H,4,7-9,12-13H2,1-3H3/t14-/m1/s1. The molecule has 1 aromatic heterocycles. The fourth-order valence-electron chi connectivity index (χ4n) is 3.72. The maximum Gasteiger partial charge on any atom is 0.340 e. The highest BCUT2D eigenvalue weighted by atomic mass is 16.5. The number of carbonyl (C=O) groups is 2. The van der Waals surface area contributed by atoms with Crippen molar-refractivity contribution < 1.29 is 14.3 Å². The van der Waals surface area contributed by atoms with Crippen LogP contribution in [0.1, 0.15) is 54.7 Å². The molecule has 2 heterocycles. The van der Waals surface area contributed by atoms with Gasteiger partial charge in [-0.25, -0.2) is 4.79 Å². The van der Waals surface area contributed by atoms with E-state index in [1.807, 2.05) is 49.9 Å². The molecule has 5 heteroatoms. The van der Waals surface area contributed by atoms with Crippen LogP contribution in [0.15, 0.2) is 24.3 Å². The number of amides is 1. The number of nitrogens with zero attached hydrogens (tertiary/aromatic N) is 2. The molecule has 1 aliphatic rings. The Morgan fingerprint density at radius 3 is 2.77 bits per heavy atom. The van der Waals surface area contributed by atoms with Crippen LogP contribution in [0, 0.1) is 6.92 Å². The van der Waals surface area contributed by atoms with Crippen LogP contribution >= 0.6 is 0 Å². The zero-order chi connectivity index (χ0) is 18.7. The van der Waals surface area contributed by atoms with Gasteiger partial charge in [0.25, 0.3) is 5.91 Å². The minimum absolute atomic E-state index is 0.116. The number of likely N-dealkylation sites (tertiary alicyclic amines) is 1. The first-order valence-corrected chi connectivity index (χ1v) is 9.37. The number of piperidine rings is 1. The number of fused-ring (bicyclic) bond motifs is 1. The van der Waals surface area contributed by atoms with E-state index in [1.165, 1.54) is 0 Å². The van der Waals surface area contributed by atoms with Crippen LogP contribution in [0.5, 0.6) is 0 Å². The molecule has 0 radical (unpaired) electrons. The van der Waals surface area contributed by atoms with Crippen molar-refractivity contribution >= 4 is 22.8 Å². The predicted octanol–water partition coefficient (Wildman–Crippen LogP) is 3.66. The molecule has 5 nitrogen and oxygen atoms in total. The molecule has 1 fully saturated rings. The van der Waals surface area contributed by atoms with Crippen LogP contribution in [-0.2, 0) is 16.0 Å². The summed E-state index contributed by atoms with van der Waals surface area (Å²) in [6.45, 7) is 6.46. The van der Waals surface area contributed by atoms with Gasteiger partial charge in [0.05, 0.1) is 16.8 Å². The second-order valence-electron chi connectivity index (χ2n) is 6.94. The van der Waals surface area contributed by atoms with Gasteiger partial charge in [-0.05, 0) is 51.2 Å². The first-order chi connectivity index (χ1) is 12.5. The topological polar surface area (TPSA) is 59.5 Å². The zero-order valence-electron chi connectivity index (χ0n) is 15.7. The van der Waals surface area contributed by atoms with Crippen molar-refractivity contribution in [1.29, 1.82) is 0 Å². The molecule has 1 saturated heterocycles. The number of rotatable bonds is 4. The number of ether oxygens (including phenoxy) is 1. The summed E-state index contributed by atoms with van der Waals surface area (Å²) in [5.41, 5.74) is 2.93. The third-order valence-electron chi connectivity index (χ3n) is 5.22. The van der Waals surface area contributed by atoms with Crippen LogP contribution in [-0.4, -0.2) is 41.0 Å². The molecule has 1 amide bonds. The van der Waals surface area contributed by atoms with E-state index in [1.54, 1.807) is 0 Å². The van der Waals surface area contributed by atoms with Crippen LogP contribution in [0.25, 0.3) is 10.9 Å². The average molecular weight is 354 g/mol. The minimum Gasteiger partial charge on any atom is -0.452 e. The molecule has 0 unspecified atom stereocenters. The monoisotopic (exact) mass is 354 g/mol. The summed E-state index contributed by atoms with van der Waals surface area (Å²) >= 11 is 0. The SMILES string of the molecule is CCc1nc2ccccc2c(C)c1C(=O)OCC(=O)N1CCCC[C@H]1C. The normalized spacial score (nSPS) is 17.3. The van der Waals surface area contributed by atoms with Crippen LogP contribution in [0.4, 0.5) is 0 Å². The molecule has 0 saturated carbocycles. The molecule has 0 aliphatic carbocycles. The second kappa shape index (κ2) is 7.85. The number of para-hydroxylation sites is 1. The molecule has 1 aliphatic heterocycles. The number of hydrogen-bond acceptors (Lipinski definition) is 4. The Hall–Kier alpha value is -2.43. The number of esters is 1. The maximum absolute atomic E-state index is 12.7. The minimum atomic E-state index is -0.462. The number of pyridine rings is 1. The highest BCUT2D eigenvalue weighted by Gasteiger charge is 2.25. The van der Waals surface area contributed by atoms with Crippen LogP contribution in [0.3, 0.4) is 0 Å². The first-order valence-electron chi connectivity index (χ1n) is 9.37. The average Bonchev–Trinajstić information content (AvgIpc) is 2.66. The number of benzene rings is 1. The molecule has 0 bridgehead atoms. The Balaban J connectivity index is 1.79. The van der Waals surface area contributed by atoms with Crippen molar-refractivity contribution in [2.45, 2.75) is 52.5 Å². The van der Waals surface area contributed by atoms with E-state index in [-0.39, 0.29) is 18.6 Å². The molecule has 0 N–H and O–H groups in total. The number of aromatic nitrogens is 1. The lowest BCUT2D eigenvalue weighted by Gasteiger charge is -2.33. The van der Waals surface area contributed by atoms with Gasteiger partial charge in [0, 0.05) is 18.0 Å². The van der Waals surface area contributed by atoms with E-state index in [0.717, 1.165) is 42.3 Å². The highest BCUT2D eigenvalue weighted by Crippen LogP contribution is 2.24. The van der Waals surface area contributed by atoms with Crippen molar-refractivity contribution in [3.05, 3.63) is 41.1 Å². The van der Waals surface area contributed by atoms with Gasteiger partial charge in [-0.15, -0.1) is 0 Å². The summed E-state index contributed by atoms with van der Waals surface area (Å²) in [6.07, 6.45) is 3.80. The first kappa shape index (κ1) is 18.4. The van der Waals surface area contributed by atoms with Gasteiger partial charge in [0.1, 0.15) is 0 Å². The molecular formula is C21H26N2O3. The van der Waals surface area contributed by atoms with Gasteiger partial charge in [0.2, 0.25) is 0 Å². The van der Waals surface area contributed by atoms with Gasteiger partial charge >= 0.3 is 5.97 Å². The van der Waals surface area contributed by atoms with E-state index in [2.05, 4.69) is 4.98 Å². The zero-order valence-corrected chi connectivity index (χ0v) is 15.7. The summed E-state index contributed by atoms with van der Waals surface area (Å²) < 4.78 is 5.39. The van der Waals surface area contributed by atoms with Crippen molar-refractivity contribution in [3.63, 3.8) is 0 Å². The van der Waals surface area contributed by atoms with Crippen molar-refractivity contribution in [2.75, 3.05) is 13.2 Å². The fraction of sp³-hybridized carbons (Fsp3) is 0.476. The number of carbonyl (C=O) groups excluding carboxylic acids is 2. The van der Waals surface area contributed by atoms with Crippen molar-refractivity contribution in [1.82, 2.24) is 9.88 Å². The Bertz CT molecular complexity index is 831. The third-order valence-corrected chi connectivity index (χ3v) is 5.22. The smallest absolute Gasteiger partial charge is 0.340 e. The molecule has 2 aromatic rings. The Morgan fingerprint density at radius 2 is 2.04 bits per heavy atom. The molecule has 26 heavy (non-hydrogen) atoms. The highest BCUT2D eigenvalue weighted by molar-refractivity contribution is 5.99. The Labute approximate surface area is 154 Å². The van der Waals surface area contributed by atoms with Gasteiger partial charge in [-0.2, -0.15) is 0 Å². The lowest BCUT2D eigenvalue weighted by atomic mass is 10.0. The third kappa shape index (κ3) is 3.57. The summed E-state index contributed by atoms with van der Waals surface area (Å²) in [7, 11) is 0. The van der Waals surface area contributed by atoms with Crippen molar-refractivity contribution in [3.8, 4) is 0 Å². The fourth-order valence-corrected chi connectivity index (χ4v) is 3.72. The lowest BCUT2D eigenvalue weighted by molar-refractivity contribution is -0.137. The number of aryl methyl sites for hydroxylation is 2. The molecule has 1 aromatic carbocycles. The van der Waals surface area contributed by atoms with Gasteiger partial charge in [-0.3, -0.25) is 9.78 Å². The summed E-state index contributed by atoms with van der Waals surface area (Å²) in [4.78, 5) is 31.6. The lowest BCUT2D eigenvalue weighted by Crippen LogP contribution is -2.44. The Morgan fingerprint density at radius 1 is 1.27 bits per heavy atom. The van der Waals surface area contributed by atoms with E-state index in [0.29, 0.717) is 17.7 Å². The van der Waals surface area contributed by atoms with E-state index >= 15 is 0 Å². The van der Waals surface area contributed by atoms with E-state index in [9.17, 15) is 9.59 Å². The quantitative estimate of drug-likeness (QED) is 0.786. The molecular weight excluding hydrogens is 328 g/mol. The molecule has 1 atom stereocenters. The maximum atomic E-state index is 12.7. The summed E-state index contributed by atoms with van der Waals surface area (Å²) in [6, 6.07) is 7.97. The van der Waals surface area contributed by atoms with E-state index < -0.39 is 5.97 Å². The summed E-state index contributed by atoms with van der Waals surface area (Å²) in [5.74, 6) is -0.578. The molecule has 0 spiro atoms. The van der Waals surface area contributed by atoms with Crippen LogP contribution in [0.2, 0.25) is 0 Å². The summed E-state index contributed by atoms with van der Waals surface area (Å²) in [5, 5.41) is 0.938. The van der Waals surface area contributed by atoms with Gasteiger partial charge in [0.15, 0.2) is 6.61 Å². The van der Waals surface area contributed by atoms with E-state index in [4.69, 9.17) is 4.74 Å². The van der Waals surface area contributed by atoms with Gasteiger partial charge < -0.3 is 9.64 Å². The Kier molecular flexibility index (Phi) is 5.55. The number of hydrogen-bond donors (Lipinski definition) is 0. The second-order valence-corrected chi connectivity index (χ2v) is 6.94. The largest absolute Gasteiger partial charge is 0.452 e. The predicted molar refractivity (Wildman–Crippen MR) is 101 cm³/mol.